The van der Waals surface area contributed by atoms with Gasteiger partial charge in [-0.1, -0.05) is 27.7 Å². The molecule has 0 aromatic heterocycles. The van der Waals surface area contributed by atoms with Crippen LogP contribution in [-0.4, -0.2) is 47.5 Å². The standard InChI is InChI=1S/C15H29NO2S/c1-11(2)8-18-13-7-12(14(13,3)4)16-9-15(17)5-6-19-10-15/h11-13,16-17H,5-10H2,1-4H3. The Morgan fingerprint density at radius 3 is 2.68 bits per heavy atom. The largest absolute Gasteiger partial charge is 0.388 e. The van der Waals surface area contributed by atoms with E-state index in [9.17, 15) is 5.11 Å². The molecule has 3 unspecified atom stereocenters. The predicted octanol–water partition coefficient (Wildman–Crippen LogP) is 2.28. The van der Waals surface area contributed by atoms with E-state index in [2.05, 4.69) is 33.0 Å². The highest BCUT2D eigenvalue weighted by atomic mass is 32.2. The van der Waals surface area contributed by atoms with Crippen molar-refractivity contribution < 1.29 is 9.84 Å². The van der Waals surface area contributed by atoms with Gasteiger partial charge >= 0.3 is 0 Å². The molecule has 0 bridgehead atoms. The molecular weight excluding hydrogens is 258 g/mol. The summed E-state index contributed by atoms with van der Waals surface area (Å²) in [4.78, 5) is 0. The Morgan fingerprint density at radius 2 is 2.16 bits per heavy atom. The molecule has 0 amide bonds. The highest BCUT2D eigenvalue weighted by Gasteiger charge is 2.49. The van der Waals surface area contributed by atoms with Crippen molar-refractivity contribution in [2.24, 2.45) is 11.3 Å². The van der Waals surface area contributed by atoms with Crippen LogP contribution in [0.3, 0.4) is 0 Å². The summed E-state index contributed by atoms with van der Waals surface area (Å²) in [6, 6.07) is 0.472. The minimum Gasteiger partial charge on any atom is -0.388 e. The van der Waals surface area contributed by atoms with Crippen LogP contribution in [0.5, 0.6) is 0 Å². The van der Waals surface area contributed by atoms with E-state index in [1.165, 1.54) is 0 Å². The molecule has 2 aliphatic rings. The zero-order valence-electron chi connectivity index (χ0n) is 12.7. The first-order valence-corrected chi connectivity index (χ1v) is 8.64. The maximum absolute atomic E-state index is 10.4. The fourth-order valence-corrected chi connectivity index (χ4v) is 4.17. The lowest BCUT2D eigenvalue weighted by atomic mass is 9.64. The van der Waals surface area contributed by atoms with Crippen molar-refractivity contribution in [2.75, 3.05) is 24.7 Å². The van der Waals surface area contributed by atoms with E-state index in [-0.39, 0.29) is 5.41 Å². The summed E-state index contributed by atoms with van der Waals surface area (Å²) in [5.74, 6) is 2.56. The number of thioether (sulfide) groups is 1. The molecule has 112 valence electrons. The van der Waals surface area contributed by atoms with Crippen LogP contribution in [0.15, 0.2) is 0 Å². The van der Waals surface area contributed by atoms with Gasteiger partial charge in [0.15, 0.2) is 0 Å². The van der Waals surface area contributed by atoms with Crippen LogP contribution in [0.4, 0.5) is 0 Å². The van der Waals surface area contributed by atoms with Gasteiger partial charge in [-0.25, -0.2) is 0 Å². The maximum atomic E-state index is 10.4. The van der Waals surface area contributed by atoms with Gasteiger partial charge in [-0.15, -0.1) is 0 Å². The Hall–Kier alpha value is 0.230. The van der Waals surface area contributed by atoms with E-state index < -0.39 is 5.60 Å². The van der Waals surface area contributed by atoms with Crippen molar-refractivity contribution in [1.29, 1.82) is 0 Å². The van der Waals surface area contributed by atoms with Gasteiger partial charge in [0.25, 0.3) is 0 Å². The van der Waals surface area contributed by atoms with E-state index in [1.807, 2.05) is 11.8 Å². The fourth-order valence-electron chi connectivity index (χ4n) is 2.87. The van der Waals surface area contributed by atoms with Crippen LogP contribution in [0, 0.1) is 11.3 Å². The van der Waals surface area contributed by atoms with Crippen LogP contribution in [0.25, 0.3) is 0 Å². The molecule has 1 saturated carbocycles. The van der Waals surface area contributed by atoms with Gasteiger partial charge in [0.2, 0.25) is 0 Å². The third-order valence-corrected chi connectivity index (χ3v) is 5.80. The van der Waals surface area contributed by atoms with Crippen molar-refractivity contribution in [1.82, 2.24) is 5.32 Å². The van der Waals surface area contributed by atoms with Gasteiger partial charge in [0, 0.05) is 30.4 Å². The second kappa shape index (κ2) is 5.92. The molecule has 1 aliphatic heterocycles. The second-order valence-corrected chi connectivity index (χ2v) is 8.34. The number of rotatable bonds is 6. The second-order valence-electron chi connectivity index (χ2n) is 7.23. The predicted molar refractivity (Wildman–Crippen MR) is 81.7 cm³/mol. The summed E-state index contributed by atoms with van der Waals surface area (Å²) < 4.78 is 5.98. The average molecular weight is 287 g/mol. The topological polar surface area (TPSA) is 41.5 Å². The highest BCUT2D eigenvalue weighted by molar-refractivity contribution is 7.99. The van der Waals surface area contributed by atoms with Gasteiger partial charge in [-0.3, -0.25) is 0 Å². The fraction of sp³-hybridized carbons (Fsp3) is 1.00. The lowest BCUT2D eigenvalue weighted by Gasteiger charge is -2.52. The Morgan fingerprint density at radius 1 is 1.42 bits per heavy atom. The minimum atomic E-state index is -0.482. The Kier molecular flexibility index (Phi) is 4.87. The summed E-state index contributed by atoms with van der Waals surface area (Å²) >= 11 is 1.86. The van der Waals surface area contributed by atoms with Crippen molar-refractivity contribution >= 4 is 11.8 Å². The van der Waals surface area contributed by atoms with Gasteiger partial charge in [0.05, 0.1) is 11.7 Å². The van der Waals surface area contributed by atoms with Crippen LogP contribution >= 0.6 is 11.8 Å². The zero-order chi connectivity index (χ0) is 14.1. The maximum Gasteiger partial charge on any atom is 0.0869 e. The molecule has 1 saturated heterocycles. The van der Waals surface area contributed by atoms with Crippen LogP contribution < -0.4 is 5.32 Å². The van der Waals surface area contributed by atoms with Gasteiger partial charge < -0.3 is 15.2 Å². The first-order valence-electron chi connectivity index (χ1n) is 7.49. The van der Waals surface area contributed by atoms with E-state index in [1.54, 1.807) is 0 Å². The lowest BCUT2D eigenvalue weighted by molar-refractivity contribution is -0.126. The number of nitrogens with one attached hydrogen (secondary N) is 1. The molecule has 2 rings (SSSR count). The molecule has 19 heavy (non-hydrogen) atoms. The molecule has 3 nitrogen and oxygen atoms in total. The summed E-state index contributed by atoms with van der Waals surface area (Å²) in [6.45, 7) is 10.5. The molecule has 1 aliphatic carbocycles. The lowest BCUT2D eigenvalue weighted by Crippen LogP contribution is -2.63. The smallest absolute Gasteiger partial charge is 0.0869 e. The molecule has 0 aromatic rings. The highest BCUT2D eigenvalue weighted by Crippen LogP contribution is 2.43. The first-order chi connectivity index (χ1) is 8.83. The number of aliphatic hydroxyl groups is 1. The van der Waals surface area contributed by atoms with Crippen molar-refractivity contribution in [2.45, 2.75) is 58.3 Å². The molecule has 0 aromatic carbocycles. The summed E-state index contributed by atoms with van der Waals surface area (Å²) in [5, 5.41) is 13.9. The van der Waals surface area contributed by atoms with E-state index in [4.69, 9.17) is 4.74 Å². The Balaban J connectivity index is 1.74. The summed E-state index contributed by atoms with van der Waals surface area (Å²) in [5.41, 5.74) is -0.304. The van der Waals surface area contributed by atoms with Crippen molar-refractivity contribution in [3.05, 3.63) is 0 Å². The van der Waals surface area contributed by atoms with Crippen LogP contribution in [0.2, 0.25) is 0 Å². The van der Waals surface area contributed by atoms with E-state index in [0.717, 1.165) is 37.5 Å². The summed E-state index contributed by atoms with van der Waals surface area (Å²) in [7, 11) is 0. The Labute approximate surface area is 121 Å². The van der Waals surface area contributed by atoms with E-state index >= 15 is 0 Å². The number of ether oxygens (including phenoxy) is 1. The van der Waals surface area contributed by atoms with E-state index in [0.29, 0.717) is 18.1 Å². The molecule has 0 spiro atoms. The number of hydrogen-bond acceptors (Lipinski definition) is 4. The van der Waals surface area contributed by atoms with Crippen molar-refractivity contribution in [3.8, 4) is 0 Å². The summed E-state index contributed by atoms with van der Waals surface area (Å²) in [6.07, 6.45) is 2.36. The minimum absolute atomic E-state index is 0.178. The first kappa shape index (κ1) is 15.6. The molecule has 2 N–H and O–H groups in total. The molecular formula is C15H29NO2S. The average Bonchev–Trinajstić information content (AvgIpc) is 2.74. The third-order valence-electron chi connectivity index (χ3n) is 4.57. The van der Waals surface area contributed by atoms with Gasteiger partial charge in [-0.2, -0.15) is 11.8 Å². The van der Waals surface area contributed by atoms with Crippen molar-refractivity contribution in [3.63, 3.8) is 0 Å². The SMILES string of the molecule is CC(C)COC1CC(NCC2(O)CCSC2)C1(C)C. The molecule has 2 fully saturated rings. The van der Waals surface area contributed by atoms with Crippen LogP contribution in [-0.2, 0) is 4.74 Å². The monoisotopic (exact) mass is 287 g/mol. The molecule has 0 radical (unpaired) electrons. The van der Waals surface area contributed by atoms with Gasteiger partial charge in [0.1, 0.15) is 0 Å². The molecule has 3 atom stereocenters. The Bertz CT molecular complexity index is 301. The quantitative estimate of drug-likeness (QED) is 0.786. The third kappa shape index (κ3) is 3.66. The van der Waals surface area contributed by atoms with Gasteiger partial charge in [-0.05, 0) is 24.5 Å². The number of hydrogen-bond donors (Lipinski definition) is 2. The normalized spacial score (nSPS) is 37.6. The molecule has 1 heterocycles. The van der Waals surface area contributed by atoms with Crippen LogP contribution in [0.1, 0.15) is 40.5 Å². The molecule has 4 heteroatoms. The zero-order valence-corrected chi connectivity index (χ0v) is 13.6.